The van der Waals surface area contributed by atoms with E-state index >= 15 is 0 Å². The molecule has 0 spiro atoms. The SMILES string of the molecule is CN(CC1COCCO1)c1nncc(-c2cccc(F)c2)n1. The van der Waals surface area contributed by atoms with Crippen molar-refractivity contribution in [2.75, 3.05) is 38.3 Å². The topological polar surface area (TPSA) is 60.4 Å². The van der Waals surface area contributed by atoms with E-state index in [1.54, 1.807) is 12.1 Å². The molecule has 0 radical (unpaired) electrons. The molecule has 1 aliphatic heterocycles. The summed E-state index contributed by atoms with van der Waals surface area (Å²) in [5.41, 5.74) is 1.25. The Labute approximate surface area is 127 Å². The predicted octanol–water partition coefficient (Wildman–Crippen LogP) is 1.53. The fourth-order valence-corrected chi connectivity index (χ4v) is 2.27. The molecule has 3 rings (SSSR count). The van der Waals surface area contributed by atoms with Crippen molar-refractivity contribution in [3.8, 4) is 11.3 Å². The number of halogens is 1. The normalized spacial score (nSPS) is 18.2. The average Bonchev–Trinajstić information content (AvgIpc) is 2.56. The molecule has 116 valence electrons. The summed E-state index contributed by atoms with van der Waals surface area (Å²) in [6, 6.07) is 6.25. The quantitative estimate of drug-likeness (QED) is 0.854. The van der Waals surface area contributed by atoms with Crippen LogP contribution in [0.4, 0.5) is 10.3 Å². The van der Waals surface area contributed by atoms with E-state index < -0.39 is 0 Å². The Balaban J connectivity index is 1.75. The molecule has 2 heterocycles. The van der Waals surface area contributed by atoms with E-state index in [4.69, 9.17) is 9.47 Å². The maximum Gasteiger partial charge on any atom is 0.245 e. The summed E-state index contributed by atoms with van der Waals surface area (Å²) in [5, 5.41) is 7.98. The summed E-state index contributed by atoms with van der Waals surface area (Å²) in [7, 11) is 1.87. The van der Waals surface area contributed by atoms with Gasteiger partial charge in [-0.2, -0.15) is 5.10 Å². The van der Waals surface area contributed by atoms with Crippen LogP contribution in [0, 0.1) is 5.82 Å². The van der Waals surface area contributed by atoms with Crippen LogP contribution in [0.5, 0.6) is 0 Å². The molecule has 2 aromatic rings. The maximum atomic E-state index is 13.3. The van der Waals surface area contributed by atoms with Crippen molar-refractivity contribution in [1.82, 2.24) is 15.2 Å². The molecule has 1 aromatic carbocycles. The molecular formula is C15H17FN4O2. The lowest BCUT2D eigenvalue weighted by Gasteiger charge is -2.27. The van der Waals surface area contributed by atoms with Gasteiger partial charge in [-0.15, -0.1) is 5.10 Å². The van der Waals surface area contributed by atoms with E-state index in [9.17, 15) is 4.39 Å². The smallest absolute Gasteiger partial charge is 0.245 e. The number of nitrogens with zero attached hydrogens (tertiary/aromatic N) is 4. The molecule has 1 aliphatic rings. The second-order valence-electron chi connectivity index (χ2n) is 5.10. The molecule has 0 bridgehead atoms. The van der Waals surface area contributed by atoms with Crippen molar-refractivity contribution >= 4 is 5.95 Å². The van der Waals surface area contributed by atoms with Crippen molar-refractivity contribution < 1.29 is 13.9 Å². The van der Waals surface area contributed by atoms with Crippen molar-refractivity contribution in [2.24, 2.45) is 0 Å². The number of hydrogen-bond donors (Lipinski definition) is 0. The minimum Gasteiger partial charge on any atom is -0.376 e. The highest BCUT2D eigenvalue weighted by Gasteiger charge is 2.18. The largest absolute Gasteiger partial charge is 0.376 e. The number of ether oxygens (including phenoxy) is 2. The first-order chi connectivity index (χ1) is 10.7. The molecule has 0 aliphatic carbocycles. The lowest BCUT2D eigenvalue weighted by molar-refractivity contribution is -0.0838. The van der Waals surface area contributed by atoms with Crippen LogP contribution < -0.4 is 4.90 Å². The van der Waals surface area contributed by atoms with Gasteiger partial charge in [-0.3, -0.25) is 0 Å². The highest BCUT2D eigenvalue weighted by molar-refractivity contribution is 5.59. The molecule has 0 amide bonds. The second-order valence-corrected chi connectivity index (χ2v) is 5.10. The summed E-state index contributed by atoms with van der Waals surface area (Å²) in [6.07, 6.45) is 1.51. The van der Waals surface area contributed by atoms with Crippen LogP contribution >= 0.6 is 0 Å². The van der Waals surface area contributed by atoms with Crippen LogP contribution in [0.25, 0.3) is 11.3 Å². The van der Waals surface area contributed by atoms with Crippen LogP contribution in [0.1, 0.15) is 0 Å². The third kappa shape index (κ3) is 3.55. The molecule has 1 fully saturated rings. The zero-order valence-electron chi connectivity index (χ0n) is 12.3. The van der Waals surface area contributed by atoms with Gasteiger partial charge in [0.25, 0.3) is 0 Å². The molecule has 0 N–H and O–H groups in total. The lowest BCUT2D eigenvalue weighted by atomic mass is 10.2. The molecule has 22 heavy (non-hydrogen) atoms. The fourth-order valence-electron chi connectivity index (χ4n) is 2.27. The van der Waals surface area contributed by atoms with Crippen molar-refractivity contribution in [3.63, 3.8) is 0 Å². The third-order valence-corrected chi connectivity index (χ3v) is 3.37. The predicted molar refractivity (Wildman–Crippen MR) is 79.1 cm³/mol. The van der Waals surface area contributed by atoms with Gasteiger partial charge in [0.15, 0.2) is 0 Å². The van der Waals surface area contributed by atoms with Crippen molar-refractivity contribution in [1.29, 1.82) is 0 Å². The molecule has 0 saturated carbocycles. The number of benzene rings is 1. The van der Waals surface area contributed by atoms with E-state index in [0.717, 1.165) is 0 Å². The Hall–Kier alpha value is -2.12. The number of rotatable bonds is 4. The molecule has 7 heteroatoms. The number of hydrogen-bond acceptors (Lipinski definition) is 6. The summed E-state index contributed by atoms with van der Waals surface area (Å²) in [6.45, 7) is 2.39. The Bertz CT molecular complexity index is 634. The average molecular weight is 304 g/mol. The molecule has 1 saturated heterocycles. The molecule has 1 atom stereocenters. The van der Waals surface area contributed by atoms with Crippen LogP contribution in [0.15, 0.2) is 30.5 Å². The summed E-state index contributed by atoms with van der Waals surface area (Å²) < 4.78 is 24.3. The van der Waals surface area contributed by atoms with E-state index in [2.05, 4.69) is 15.2 Å². The van der Waals surface area contributed by atoms with E-state index in [1.807, 2.05) is 11.9 Å². The minimum absolute atomic E-state index is 0.0137. The third-order valence-electron chi connectivity index (χ3n) is 3.37. The number of aromatic nitrogens is 3. The van der Waals surface area contributed by atoms with Crippen LogP contribution in [-0.2, 0) is 9.47 Å². The van der Waals surface area contributed by atoms with Crippen LogP contribution in [-0.4, -0.2) is 54.7 Å². The second kappa shape index (κ2) is 6.76. The van der Waals surface area contributed by atoms with Gasteiger partial charge < -0.3 is 14.4 Å². The molecule has 6 nitrogen and oxygen atoms in total. The zero-order chi connectivity index (χ0) is 15.4. The van der Waals surface area contributed by atoms with Gasteiger partial charge in [0.05, 0.1) is 37.8 Å². The van der Waals surface area contributed by atoms with Crippen LogP contribution in [0.3, 0.4) is 0 Å². The van der Waals surface area contributed by atoms with Crippen molar-refractivity contribution in [2.45, 2.75) is 6.10 Å². The highest BCUT2D eigenvalue weighted by atomic mass is 19.1. The fraction of sp³-hybridized carbons (Fsp3) is 0.400. The van der Waals surface area contributed by atoms with E-state index in [-0.39, 0.29) is 11.9 Å². The molecular weight excluding hydrogens is 287 g/mol. The zero-order valence-corrected chi connectivity index (χ0v) is 12.3. The Morgan fingerprint density at radius 1 is 1.36 bits per heavy atom. The Morgan fingerprint density at radius 2 is 2.27 bits per heavy atom. The summed E-state index contributed by atoms with van der Waals surface area (Å²) >= 11 is 0. The van der Waals surface area contributed by atoms with Gasteiger partial charge in [0.1, 0.15) is 5.82 Å². The van der Waals surface area contributed by atoms with Crippen molar-refractivity contribution in [3.05, 3.63) is 36.3 Å². The van der Waals surface area contributed by atoms with Gasteiger partial charge in [-0.25, -0.2) is 9.37 Å². The summed E-state index contributed by atoms with van der Waals surface area (Å²) in [5.74, 6) is 0.162. The first-order valence-corrected chi connectivity index (χ1v) is 7.08. The lowest BCUT2D eigenvalue weighted by Crippen LogP contribution is -2.39. The first kappa shape index (κ1) is 14.8. The maximum absolute atomic E-state index is 13.3. The first-order valence-electron chi connectivity index (χ1n) is 7.08. The van der Waals surface area contributed by atoms with Gasteiger partial charge in [-0.05, 0) is 12.1 Å². The minimum atomic E-state index is -0.307. The van der Waals surface area contributed by atoms with Gasteiger partial charge in [0.2, 0.25) is 5.95 Å². The molecule has 1 aromatic heterocycles. The van der Waals surface area contributed by atoms with E-state index in [1.165, 1.54) is 18.3 Å². The number of likely N-dealkylation sites (N-methyl/N-ethyl adjacent to an activating group) is 1. The Morgan fingerprint density at radius 3 is 3.05 bits per heavy atom. The van der Waals surface area contributed by atoms with Gasteiger partial charge in [-0.1, -0.05) is 12.1 Å². The molecule has 1 unspecified atom stereocenters. The van der Waals surface area contributed by atoms with Gasteiger partial charge in [0, 0.05) is 19.2 Å². The monoisotopic (exact) mass is 304 g/mol. The highest BCUT2D eigenvalue weighted by Crippen LogP contribution is 2.18. The summed E-state index contributed by atoms with van der Waals surface area (Å²) in [4.78, 5) is 6.30. The Kier molecular flexibility index (Phi) is 4.55. The van der Waals surface area contributed by atoms with Gasteiger partial charge >= 0.3 is 0 Å². The standard InChI is InChI=1S/C15H17FN4O2/c1-20(9-13-10-21-5-6-22-13)15-18-14(8-17-19-15)11-3-2-4-12(16)7-11/h2-4,7-8,13H,5-6,9-10H2,1H3. The van der Waals surface area contributed by atoms with Crippen LogP contribution in [0.2, 0.25) is 0 Å². The van der Waals surface area contributed by atoms with E-state index in [0.29, 0.717) is 43.6 Å². The number of anilines is 1.